The molecule has 2 aromatic rings. The SMILES string of the molecule is CC(C)c1ccc(C(O)CNC(=O)c2cc(Cl)n(C)n2)cc1. The molecule has 2 rings (SSSR count). The lowest BCUT2D eigenvalue weighted by Crippen LogP contribution is -2.28. The van der Waals surface area contributed by atoms with Crippen LogP contribution < -0.4 is 5.32 Å². The standard InChI is InChI=1S/C16H20ClN3O2/c1-10(2)11-4-6-12(7-5-11)14(21)9-18-16(22)13-8-15(17)20(3)19-13/h4-8,10,14,21H,9H2,1-3H3,(H,18,22). The quantitative estimate of drug-likeness (QED) is 0.889. The maximum Gasteiger partial charge on any atom is 0.271 e. The van der Waals surface area contributed by atoms with E-state index in [1.165, 1.54) is 16.3 Å². The van der Waals surface area contributed by atoms with Gasteiger partial charge in [-0.15, -0.1) is 0 Å². The molecular weight excluding hydrogens is 302 g/mol. The van der Waals surface area contributed by atoms with E-state index in [2.05, 4.69) is 24.3 Å². The largest absolute Gasteiger partial charge is 0.387 e. The Morgan fingerprint density at radius 2 is 1.91 bits per heavy atom. The molecule has 0 spiro atoms. The average Bonchev–Trinajstić information content (AvgIpc) is 2.84. The highest BCUT2D eigenvalue weighted by Gasteiger charge is 2.14. The number of nitrogens with zero attached hydrogens (tertiary/aromatic N) is 2. The fraction of sp³-hybridized carbons (Fsp3) is 0.375. The zero-order valence-corrected chi connectivity index (χ0v) is 13.6. The Balaban J connectivity index is 1.94. The lowest BCUT2D eigenvalue weighted by molar-refractivity contribution is 0.0910. The van der Waals surface area contributed by atoms with Crippen molar-refractivity contribution in [3.8, 4) is 0 Å². The predicted octanol–water partition coefficient (Wildman–Crippen LogP) is 2.66. The van der Waals surface area contributed by atoms with Gasteiger partial charge >= 0.3 is 0 Å². The van der Waals surface area contributed by atoms with Crippen LogP contribution in [-0.4, -0.2) is 27.3 Å². The van der Waals surface area contributed by atoms with Gasteiger partial charge in [0.2, 0.25) is 0 Å². The third-order valence-electron chi connectivity index (χ3n) is 3.50. The Bertz CT molecular complexity index is 630. The molecule has 0 bridgehead atoms. The number of aliphatic hydroxyl groups is 1. The Labute approximate surface area is 134 Å². The van der Waals surface area contributed by atoms with E-state index in [1.54, 1.807) is 7.05 Å². The molecule has 22 heavy (non-hydrogen) atoms. The van der Waals surface area contributed by atoms with Crippen molar-refractivity contribution in [1.29, 1.82) is 0 Å². The summed E-state index contributed by atoms with van der Waals surface area (Å²) >= 11 is 5.84. The lowest BCUT2D eigenvalue weighted by atomic mass is 10.00. The van der Waals surface area contributed by atoms with Crippen molar-refractivity contribution in [2.45, 2.75) is 25.9 Å². The van der Waals surface area contributed by atoms with Gasteiger partial charge in [-0.3, -0.25) is 9.48 Å². The summed E-state index contributed by atoms with van der Waals surface area (Å²) in [6.45, 7) is 4.35. The Hall–Kier alpha value is -1.85. The number of rotatable bonds is 5. The second kappa shape index (κ2) is 6.94. The van der Waals surface area contributed by atoms with Crippen LogP contribution in [0.25, 0.3) is 0 Å². The average molecular weight is 322 g/mol. The third-order valence-corrected chi connectivity index (χ3v) is 3.85. The van der Waals surface area contributed by atoms with Crippen LogP contribution in [0.2, 0.25) is 5.15 Å². The molecule has 0 aliphatic heterocycles. The summed E-state index contributed by atoms with van der Waals surface area (Å²) < 4.78 is 1.41. The highest BCUT2D eigenvalue weighted by atomic mass is 35.5. The van der Waals surface area contributed by atoms with Crippen molar-refractivity contribution in [2.75, 3.05) is 6.54 Å². The van der Waals surface area contributed by atoms with E-state index in [9.17, 15) is 9.90 Å². The van der Waals surface area contributed by atoms with Gasteiger partial charge in [-0.05, 0) is 17.0 Å². The van der Waals surface area contributed by atoms with Crippen molar-refractivity contribution < 1.29 is 9.90 Å². The molecule has 0 aliphatic carbocycles. The smallest absolute Gasteiger partial charge is 0.271 e. The van der Waals surface area contributed by atoms with E-state index in [0.29, 0.717) is 11.1 Å². The van der Waals surface area contributed by atoms with Gasteiger partial charge in [0.25, 0.3) is 5.91 Å². The minimum atomic E-state index is -0.760. The molecule has 1 amide bonds. The molecule has 6 heteroatoms. The van der Waals surface area contributed by atoms with Crippen molar-refractivity contribution >= 4 is 17.5 Å². The van der Waals surface area contributed by atoms with Crippen molar-refractivity contribution in [2.24, 2.45) is 7.05 Å². The van der Waals surface area contributed by atoms with Crippen LogP contribution in [0.1, 0.15) is 47.5 Å². The number of carbonyl (C=O) groups excluding carboxylic acids is 1. The summed E-state index contributed by atoms with van der Waals surface area (Å²) in [5, 5.41) is 17.2. The summed E-state index contributed by atoms with van der Waals surface area (Å²) in [6.07, 6.45) is -0.760. The van der Waals surface area contributed by atoms with Crippen molar-refractivity contribution in [1.82, 2.24) is 15.1 Å². The zero-order chi connectivity index (χ0) is 16.3. The number of halogens is 1. The van der Waals surface area contributed by atoms with Crippen LogP contribution in [0.15, 0.2) is 30.3 Å². The van der Waals surface area contributed by atoms with Crippen LogP contribution in [-0.2, 0) is 7.05 Å². The van der Waals surface area contributed by atoms with Gasteiger partial charge in [0.15, 0.2) is 5.69 Å². The van der Waals surface area contributed by atoms with Gasteiger partial charge in [-0.1, -0.05) is 49.7 Å². The van der Waals surface area contributed by atoms with Gasteiger partial charge in [0.1, 0.15) is 5.15 Å². The minimum Gasteiger partial charge on any atom is -0.387 e. The molecule has 1 atom stereocenters. The van der Waals surface area contributed by atoms with E-state index in [-0.39, 0.29) is 18.1 Å². The number of amides is 1. The van der Waals surface area contributed by atoms with Crippen LogP contribution in [0.3, 0.4) is 0 Å². The topological polar surface area (TPSA) is 67.2 Å². The molecule has 1 unspecified atom stereocenters. The summed E-state index contributed by atoms with van der Waals surface area (Å²) in [6, 6.07) is 9.22. The number of nitrogens with one attached hydrogen (secondary N) is 1. The molecule has 0 radical (unpaired) electrons. The van der Waals surface area contributed by atoms with E-state index in [0.717, 1.165) is 5.56 Å². The third kappa shape index (κ3) is 3.87. The number of aliphatic hydroxyl groups excluding tert-OH is 1. The molecule has 1 aromatic heterocycles. The number of aryl methyl sites for hydroxylation is 1. The van der Waals surface area contributed by atoms with E-state index in [4.69, 9.17) is 11.6 Å². The minimum absolute atomic E-state index is 0.119. The van der Waals surface area contributed by atoms with Gasteiger partial charge in [-0.2, -0.15) is 5.10 Å². The lowest BCUT2D eigenvalue weighted by Gasteiger charge is -2.13. The Morgan fingerprint density at radius 1 is 1.32 bits per heavy atom. The Kier molecular flexibility index (Phi) is 5.21. The van der Waals surface area contributed by atoms with Crippen LogP contribution in [0.4, 0.5) is 0 Å². The monoisotopic (exact) mass is 321 g/mol. The first-order valence-electron chi connectivity index (χ1n) is 7.14. The molecule has 5 nitrogen and oxygen atoms in total. The first-order valence-corrected chi connectivity index (χ1v) is 7.52. The van der Waals surface area contributed by atoms with E-state index in [1.807, 2.05) is 24.3 Å². The molecule has 1 aromatic carbocycles. The van der Waals surface area contributed by atoms with E-state index < -0.39 is 6.10 Å². The maximum absolute atomic E-state index is 11.9. The molecule has 0 aliphatic rings. The first-order chi connectivity index (χ1) is 10.4. The van der Waals surface area contributed by atoms with E-state index >= 15 is 0 Å². The molecule has 0 saturated heterocycles. The summed E-state index contributed by atoms with van der Waals surface area (Å²) in [5.41, 5.74) is 2.21. The number of benzene rings is 1. The zero-order valence-electron chi connectivity index (χ0n) is 12.9. The van der Waals surface area contributed by atoms with Crippen LogP contribution in [0.5, 0.6) is 0 Å². The molecule has 2 N–H and O–H groups in total. The predicted molar refractivity (Wildman–Crippen MR) is 86.0 cm³/mol. The van der Waals surface area contributed by atoms with Crippen molar-refractivity contribution in [3.05, 3.63) is 52.3 Å². The van der Waals surface area contributed by atoms with Crippen LogP contribution >= 0.6 is 11.6 Å². The van der Waals surface area contributed by atoms with Crippen LogP contribution in [0, 0.1) is 0 Å². The van der Waals surface area contributed by atoms with Crippen molar-refractivity contribution in [3.63, 3.8) is 0 Å². The highest BCUT2D eigenvalue weighted by Crippen LogP contribution is 2.18. The number of hydrogen-bond acceptors (Lipinski definition) is 3. The normalized spacial score (nSPS) is 12.5. The molecule has 118 valence electrons. The fourth-order valence-electron chi connectivity index (χ4n) is 2.06. The second-order valence-corrected chi connectivity index (χ2v) is 5.91. The number of hydrogen-bond donors (Lipinski definition) is 2. The van der Waals surface area contributed by atoms with Gasteiger partial charge < -0.3 is 10.4 Å². The molecule has 1 heterocycles. The summed E-state index contributed by atoms with van der Waals surface area (Å²) in [7, 11) is 1.66. The van der Waals surface area contributed by atoms with Gasteiger partial charge in [0, 0.05) is 19.7 Å². The number of carbonyl (C=O) groups is 1. The number of aromatic nitrogens is 2. The van der Waals surface area contributed by atoms with Gasteiger partial charge in [-0.25, -0.2) is 0 Å². The Morgan fingerprint density at radius 3 is 2.41 bits per heavy atom. The first kappa shape index (κ1) is 16.5. The van der Waals surface area contributed by atoms with Gasteiger partial charge in [0.05, 0.1) is 6.10 Å². The summed E-state index contributed by atoms with van der Waals surface area (Å²) in [4.78, 5) is 11.9. The molecular formula is C16H20ClN3O2. The molecule has 0 fully saturated rings. The fourth-order valence-corrected chi connectivity index (χ4v) is 2.20. The second-order valence-electron chi connectivity index (χ2n) is 5.52. The maximum atomic E-state index is 11.9. The molecule has 0 saturated carbocycles. The summed E-state index contributed by atoms with van der Waals surface area (Å²) in [5.74, 6) is 0.0835. The highest BCUT2D eigenvalue weighted by molar-refractivity contribution is 6.29.